The molecule has 1 unspecified atom stereocenters. The summed E-state index contributed by atoms with van der Waals surface area (Å²) in [5.74, 6) is 1.04. The minimum Gasteiger partial charge on any atom is -0.384 e. The third-order valence-corrected chi connectivity index (χ3v) is 4.04. The first kappa shape index (κ1) is 12.3. The van der Waals surface area contributed by atoms with Gasteiger partial charge in [0.2, 0.25) is 0 Å². The van der Waals surface area contributed by atoms with E-state index in [4.69, 9.17) is 10.7 Å². The third-order valence-electron chi connectivity index (χ3n) is 4.04. The first-order valence-corrected chi connectivity index (χ1v) is 7.17. The van der Waals surface area contributed by atoms with Crippen molar-refractivity contribution in [2.24, 2.45) is 0 Å². The monoisotopic (exact) mass is 283 g/mol. The van der Waals surface area contributed by atoms with Gasteiger partial charge in [-0.2, -0.15) is 14.7 Å². The van der Waals surface area contributed by atoms with E-state index >= 15 is 0 Å². The summed E-state index contributed by atoms with van der Waals surface area (Å²) < 4.78 is 1.68. The Morgan fingerprint density at radius 1 is 1.33 bits per heavy atom. The Morgan fingerprint density at radius 2 is 2.29 bits per heavy atom. The molecule has 0 aliphatic carbocycles. The van der Waals surface area contributed by atoms with Crippen LogP contribution >= 0.6 is 0 Å². The van der Waals surface area contributed by atoms with E-state index in [1.165, 1.54) is 6.42 Å². The number of H-pyrrole nitrogens is 1. The molecule has 0 aromatic carbocycles. The van der Waals surface area contributed by atoms with Crippen molar-refractivity contribution in [2.75, 3.05) is 18.8 Å². The molecular formula is C14H17N7. The van der Waals surface area contributed by atoms with E-state index in [-0.39, 0.29) is 0 Å². The van der Waals surface area contributed by atoms with Crippen molar-refractivity contribution in [3.05, 3.63) is 30.4 Å². The second-order valence-electron chi connectivity index (χ2n) is 5.43. The minimum atomic E-state index is 0.415. The molecule has 4 rings (SSSR count). The Labute approximate surface area is 121 Å². The van der Waals surface area contributed by atoms with Crippen molar-refractivity contribution < 1.29 is 0 Å². The van der Waals surface area contributed by atoms with E-state index in [2.05, 4.69) is 20.6 Å². The molecule has 0 radical (unpaired) electrons. The number of rotatable bonds is 2. The molecule has 0 spiro atoms. The molecule has 1 aliphatic rings. The van der Waals surface area contributed by atoms with Crippen LogP contribution in [0.2, 0.25) is 0 Å². The van der Waals surface area contributed by atoms with Gasteiger partial charge in [0.05, 0.1) is 18.1 Å². The molecule has 3 aromatic rings. The summed E-state index contributed by atoms with van der Waals surface area (Å²) in [5, 5.41) is 14.6. The van der Waals surface area contributed by atoms with E-state index in [1.54, 1.807) is 16.9 Å². The average Bonchev–Trinajstić information content (AvgIpc) is 3.16. The Bertz CT molecular complexity index is 753. The fourth-order valence-corrected chi connectivity index (χ4v) is 2.92. The Hall–Kier alpha value is -2.41. The zero-order chi connectivity index (χ0) is 14.2. The fraction of sp³-hybridized carbons (Fsp3) is 0.357. The maximum atomic E-state index is 6.15. The number of nitrogens with one attached hydrogen (secondary N) is 2. The Morgan fingerprint density at radius 3 is 3.05 bits per heavy atom. The van der Waals surface area contributed by atoms with Gasteiger partial charge in [0.15, 0.2) is 5.65 Å². The van der Waals surface area contributed by atoms with E-state index in [9.17, 15) is 0 Å². The highest BCUT2D eigenvalue weighted by atomic mass is 15.3. The highest BCUT2D eigenvalue weighted by Gasteiger charge is 2.19. The lowest BCUT2D eigenvalue weighted by Gasteiger charge is -2.22. The number of hydrogen-bond donors (Lipinski definition) is 3. The van der Waals surface area contributed by atoms with Crippen molar-refractivity contribution in [3.8, 4) is 11.1 Å². The van der Waals surface area contributed by atoms with Gasteiger partial charge in [0.1, 0.15) is 5.82 Å². The molecule has 1 atom stereocenters. The van der Waals surface area contributed by atoms with Crippen LogP contribution in [-0.2, 0) is 0 Å². The van der Waals surface area contributed by atoms with E-state index in [1.807, 2.05) is 12.3 Å². The van der Waals surface area contributed by atoms with Crippen LogP contribution in [0.15, 0.2) is 24.7 Å². The van der Waals surface area contributed by atoms with Gasteiger partial charge in [-0.1, -0.05) is 0 Å². The molecule has 7 nitrogen and oxygen atoms in total. The Balaban J connectivity index is 1.85. The van der Waals surface area contributed by atoms with Gasteiger partial charge in [0.25, 0.3) is 0 Å². The van der Waals surface area contributed by atoms with E-state index in [0.29, 0.717) is 11.7 Å². The van der Waals surface area contributed by atoms with Gasteiger partial charge < -0.3 is 11.1 Å². The lowest BCUT2D eigenvalue weighted by atomic mass is 9.96. The third kappa shape index (κ3) is 2.06. The number of nitrogens with two attached hydrogens (primary N) is 1. The maximum Gasteiger partial charge on any atom is 0.165 e. The minimum absolute atomic E-state index is 0.415. The molecule has 3 aromatic heterocycles. The molecule has 1 saturated heterocycles. The molecule has 7 heteroatoms. The summed E-state index contributed by atoms with van der Waals surface area (Å²) in [5.41, 5.74) is 9.89. The van der Waals surface area contributed by atoms with Crippen LogP contribution in [0.4, 0.5) is 5.82 Å². The first-order chi connectivity index (χ1) is 10.3. The number of nitrogen functional groups attached to an aromatic ring is 1. The van der Waals surface area contributed by atoms with Gasteiger partial charge in [-0.15, -0.1) is 0 Å². The van der Waals surface area contributed by atoms with Crippen molar-refractivity contribution in [3.63, 3.8) is 0 Å². The smallest absolute Gasteiger partial charge is 0.165 e. The lowest BCUT2D eigenvalue weighted by Crippen LogP contribution is -2.29. The number of anilines is 1. The van der Waals surface area contributed by atoms with E-state index < -0.39 is 0 Å². The van der Waals surface area contributed by atoms with Crippen LogP contribution in [0.25, 0.3) is 16.8 Å². The predicted molar refractivity (Wildman–Crippen MR) is 79.8 cm³/mol. The van der Waals surface area contributed by atoms with E-state index in [0.717, 1.165) is 42.0 Å². The molecule has 0 bridgehead atoms. The highest BCUT2D eigenvalue weighted by Crippen LogP contribution is 2.28. The fourth-order valence-electron chi connectivity index (χ4n) is 2.92. The van der Waals surface area contributed by atoms with Crippen LogP contribution in [0.1, 0.15) is 24.5 Å². The van der Waals surface area contributed by atoms with Crippen molar-refractivity contribution in [1.82, 2.24) is 30.1 Å². The van der Waals surface area contributed by atoms with Crippen LogP contribution in [0.5, 0.6) is 0 Å². The number of aromatic amines is 1. The number of piperidine rings is 1. The number of fused-ring (bicyclic) bond motifs is 1. The van der Waals surface area contributed by atoms with Gasteiger partial charge >= 0.3 is 0 Å². The SMILES string of the molecule is Nc1cc(C2CCCNC2)nc2c(-c3cn[nH]c3)cnn12. The van der Waals surface area contributed by atoms with Gasteiger partial charge in [-0.05, 0) is 19.4 Å². The molecule has 4 N–H and O–H groups in total. The molecule has 0 amide bonds. The largest absolute Gasteiger partial charge is 0.384 e. The summed E-state index contributed by atoms with van der Waals surface area (Å²) in [4.78, 5) is 4.81. The standard InChI is InChI=1S/C14H17N7/c15-13-4-12(9-2-1-3-16-5-9)20-14-11(8-19-21(13)14)10-6-17-18-7-10/h4,6-9,16H,1-3,5,15H2,(H,17,18). The van der Waals surface area contributed by atoms with Crippen LogP contribution in [0.3, 0.4) is 0 Å². The Kier molecular flexibility index (Phi) is 2.85. The molecular weight excluding hydrogens is 266 g/mol. The number of nitrogens with zero attached hydrogens (tertiary/aromatic N) is 4. The molecule has 0 saturated carbocycles. The highest BCUT2D eigenvalue weighted by molar-refractivity contribution is 5.77. The summed E-state index contributed by atoms with van der Waals surface area (Å²) in [6.07, 6.45) is 7.70. The molecule has 1 aliphatic heterocycles. The normalized spacial score (nSPS) is 19.1. The van der Waals surface area contributed by atoms with Gasteiger partial charge in [-0.3, -0.25) is 5.10 Å². The summed E-state index contributed by atoms with van der Waals surface area (Å²) in [6, 6.07) is 1.94. The van der Waals surface area contributed by atoms with Crippen LogP contribution < -0.4 is 11.1 Å². The van der Waals surface area contributed by atoms with Gasteiger partial charge in [0, 0.05) is 35.9 Å². The summed E-state index contributed by atoms with van der Waals surface area (Å²) in [7, 11) is 0. The lowest BCUT2D eigenvalue weighted by molar-refractivity contribution is 0.455. The zero-order valence-corrected chi connectivity index (χ0v) is 11.6. The zero-order valence-electron chi connectivity index (χ0n) is 11.6. The second kappa shape index (κ2) is 4.85. The first-order valence-electron chi connectivity index (χ1n) is 7.17. The van der Waals surface area contributed by atoms with Crippen molar-refractivity contribution >= 4 is 11.5 Å². The maximum absolute atomic E-state index is 6.15. The average molecular weight is 283 g/mol. The van der Waals surface area contributed by atoms with Crippen LogP contribution in [0, 0.1) is 0 Å². The molecule has 21 heavy (non-hydrogen) atoms. The molecule has 4 heterocycles. The number of aromatic nitrogens is 5. The van der Waals surface area contributed by atoms with Crippen LogP contribution in [-0.4, -0.2) is 37.9 Å². The summed E-state index contributed by atoms with van der Waals surface area (Å²) in [6.45, 7) is 2.04. The predicted octanol–water partition coefficient (Wildman–Crippen LogP) is 1.17. The quantitative estimate of drug-likeness (QED) is 0.656. The second-order valence-corrected chi connectivity index (χ2v) is 5.43. The van der Waals surface area contributed by atoms with Crippen molar-refractivity contribution in [1.29, 1.82) is 0 Å². The van der Waals surface area contributed by atoms with Gasteiger partial charge in [-0.25, -0.2) is 4.98 Å². The summed E-state index contributed by atoms with van der Waals surface area (Å²) >= 11 is 0. The number of hydrogen-bond acceptors (Lipinski definition) is 5. The van der Waals surface area contributed by atoms with Crippen molar-refractivity contribution in [2.45, 2.75) is 18.8 Å². The molecule has 1 fully saturated rings. The molecule has 108 valence electrons. The topological polar surface area (TPSA) is 96.9 Å².